The van der Waals surface area contributed by atoms with Crippen molar-refractivity contribution in [3.05, 3.63) is 47.6 Å². The first-order valence-corrected chi connectivity index (χ1v) is 5.65. The minimum Gasteiger partial charge on any atom is -0.332 e. The van der Waals surface area contributed by atoms with Crippen LogP contribution in [0.2, 0.25) is 5.15 Å². The van der Waals surface area contributed by atoms with Crippen LogP contribution in [0, 0.1) is 0 Å². The zero-order chi connectivity index (χ0) is 12.1. The fraction of sp³-hybridized carbons (Fsp3) is 0. The Hall–Kier alpha value is -1.72. The van der Waals surface area contributed by atoms with Crippen LogP contribution < -0.4 is 10.6 Å². The molecule has 0 radical (unpaired) electrons. The quantitative estimate of drug-likeness (QED) is 0.817. The summed E-state index contributed by atoms with van der Waals surface area (Å²) in [7, 11) is 0. The molecular weight excluding hydrogens is 256 g/mol. The number of anilines is 2. The van der Waals surface area contributed by atoms with Gasteiger partial charge in [-0.1, -0.05) is 29.8 Å². The fourth-order valence-electron chi connectivity index (χ4n) is 1.18. The Kier molecular flexibility index (Phi) is 3.85. The third-order valence-corrected chi connectivity index (χ3v) is 2.31. The van der Waals surface area contributed by atoms with Crippen LogP contribution in [0.1, 0.15) is 0 Å². The number of nitrogens with one attached hydrogen (secondary N) is 2. The number of benzene rings is 1. The summed E-state index contributed by atoms with van der Waals surface area (Å²) in [5.74, 6) is 0.544. The van der Waals surface area contributed by atoms with Gasteiger partial charge in [-0.05, 0) is 36.5 Å². The molecule has 0 unspecified atom stereocenters. The van der Waals surface area contributed by atoms with Crippen molar-refractivity contribution in [2.75, 3.05) is 10.6 Å². The molecule has 2 rings (SSSR count). The number of aromatic nitrogens is 2. The van der Waals surface area contributed by atoms with E-state index in [1.807, 2.05) is 30.3 Å². The van der Waals surface area contributed by atoms with Gasteiger partial charge < -0.3 is 10.6 Å². The van der Waals surface area contributed by atoms with E-state index in [-0.39, 0.29) is 0 Å². The van der Waals surface area contributed by atoms with E-state index in [9.17, 15) is 0 Å². The monoisotopic (exact) mass is 264 g/mol. The first-order valence-electron chi connectivity index (χ1n) is 4.86. The number of para-hydroxylation sites is 1. The lowest BCUT2D eigenvalue weighted by Gasteiger charge is -2.08. The van der Waals surface area contributed by atoms with Crippen LogP contribution >= 0.6 is 23.8 Å². The summed E-state index contributed by atoms with van der Waals surface area (Å²) < 4.78 is 0. The molecule has 0 saturated heterocycles. The minimum atomic E-state index is 0.345. The number of thiocarbonyl (C=S) groups is 1. The van der Waals surface area contributed by atoms with Gasteiger partial charge in [-0.25, -0.2) is 0 Å². The molecule has 86 valence electrons. The second-order valence-electron chi connectivity index (χ2n) is 3.19. The lowest BCUT2D eigenvalue weighted by Crippen LogP contribution is -2.19. The molecule has 0 fully saturated rings. The zero-order valence-electron chi connectivity index (χ0n) is 8.72. The Balaban J connectivity index is 1.96. The maximum absolute atomic E-state index is 5.63. The minimum absolute atomic E-state index is 0.345. The van der Waals surface area contributed by atoms with E-state index in [0.29, 0.717) is 16.1 Å². The van der Waals surface area contributed by atoms with E-state index in [1.165, 1.54) is 0 Å². The van der Waals surface area contributed by atoms with Crippen molar-refractivity contribution in [3.8, 4) is 0 Å². The van der Waals surface area contributed by atoms with Gasteiger partial charge in [0.2, 0.25) is 0 Å². The van der Waals surface area contributed by atoms with Crippen LogP contribution in [0.3, 0.4) is 0 Å². The maximum Gasteiger partial charge on any atom is 0.176 e. The highest BCUT2D eigenvalue weighted by Gasteiger charge is 1.99. The van der Waals surface area contributed by atoms with Crippen molar-refractivity contribution in [2.24, 2.45) is 0 Å². The van der Waals surface area contributed by atoms with Gasteiger partial charge >= 0.3 is 0 Å². The summed E-state index contributed by atoms with van der Waals surface area (Å²) in [6.07, 6.45) is 0. The van der Waals surface area contributed by atoms with E-state index in [1.54, 1.807) is 12.1 Å². The van der Waals surface area contributed by atoms with E-state index >= 15 is 0 Å². The van der Waals surface area contributed by atoms with Gasteiger partial charge in [0.1, 0.15) is 0 Å². The number of nitrogens with zero attached hydrogens (tertiary/aromatic N) is 2. The van der Waals surface area contributed by atoms with Crippen LogP contribution in [0.5, 0.6) is 0 Å². The van der Waals surface area contributed by atoms with Gasteiger partial charge in [-0.15, -0.1) is 10.2 Å². The number of hydrogen-bond acceptors (Lipinski definition) is 3. The molecule has 1 aromatic carbocycles. The standard InChI is InChI=1S/C11H9ClN4S/c12-9-6-7-10(16-15-9)14-11(17)13-8-4-2-1-3-5-8/h1-7H,(H2,13,14,16,17). The molecule has 0 aliphatic carbocycles. The molecule has 0 aliphatic heterocycles. The Morgan fingerprint density at radius 1 is 1.00 bits per heavy atom. The Morgan fingerprint density at radius 2 is 1.76 bits per heavy atom. The lowest BCUT2D eigenvalue weighted by atomic mass is 10.3. The summed E-state index contributed by atoms with van der Waals surface area (Å²) in [6.45, 7) is 0. The normalized spacial score (nSPS) is 9.71. The first kappa shape index (κ1) is 11.8. The Bertz CT molecular complexity index is 501. The molecule has 0 amide bonds. The third-order valence-electron chi connectivity index (χ3n) is 1.91. The van der Waals surface area contributed by atoms with Crippen LogP contribution in [-0.2, 0) is 0 Å². The van der Waals surface area contributed by atoms with E-state index in [0.717, 1.165) is 5.69 Å². The summed E-state index contributed by atoms with van der Waals surface area (Å²) in [6, 6.07) is 13.0. The highest BCUT2D eigenvalue weighted by atomic mass is 35.5. The summed E-state index contributed by atoms with van der Waals surface area (Å²) in [5, 5.41) is 14.3. The highest BCUT2D eigenvalue weighted by molar-refractivity contribution is 7.80. The van der Waals surface area contributed by atoms with Crippen molar-refractivity contribution in [3.63, 3.8) is 0 Å². The van der Waals surface area contributed by atoms with Crippen LogP contribution in [0.25, 0.3) is 0 Å². The van der Waals surface area contributed by atoms with Gasteiger partial charge in [0.15, 0.2) is 16.1 Å². The van der Waals surface area contributed by atoms with Crippen LogP contribution in [0.15, 0.2) is 42.5 Å². The molecule has 17 heavy (non-hydrogen) atoms. The van der Waals surface area contributed by atoms with E-state index in [4.69, 9.17) is 23.8 Å². The zero-order valence-corrected chi connectivity index (χ0v) is 10.3. The molecule has 6 heteroatoms. The maximum atomic E-state index is 5.63. The fourth-order valence-corrected chi connectivity index (χ4v) is 1.51. The van der Waals surface area contributed by atoms with Crippen LogP contribution in [-0.4, -0.2) is 15.3 Å². The molecule has 4 nitrogen and oxygen atoms in total. The van der Waals surface area contributed by atoms with Gasteiger partial charge in [-0.2, -0.15) is 0 Å². The molecule has 2 aromatic rings. The first-order chi connectivity index (χ1) is 8.24. The molecule has 0 atom stereocenters. The average Bonchev–Trinajstić information content (AvgIpc) is 2.33. The number of halogens is 1. The Morgan fingerprint density at radius 3 is 2.41 bits per heavy atom. The van der Waals surface area contributed by atoms with E-state index in [2.05, 4.69) is 20.8 Å². The second kappa shape index (κ2) is 5.56. The van der Waals surface area contributed by atoms with Gasteiger partial charge in [0, 0.05) is 5.69 Å². The molecule has 0 aliphatic rings. The molecule has 0 spiro atoms. The SMILES string of the molecule is S=C(Nc1ccccc1)Nc1ccc(Cl)nn1. The van der Waals surface area contributed by atoms with Gasteiger partial charge in [0.05, 0.1) is 0 Å². The van der Waals surface area contributed by atoms with Crippen molar-refractivity contribution in [2.45, 2.75) is 0 Å². The molecular formula is C11H9ClN4S. The number of rotatable bonds is 2. The third kappa shape index (κ3) is 3.65. The van der Waals surface area contributed by atoms with Crippen molar-refractivity contribution in [1.82, 2.24) is 10.2 Å². The largest absolute Gasteiger partial charge is 0.332 e. The summed E-state index contributed by atoms with van der Waals surface area (Å²) >= 11 is 10.8. The average molecular weight is 265 g/mol. The molecule has 0 saturated carbocycles. The summed E-state index contributed by atoms with van der Waals surface area (Å²) in [5.41, 5.74) is 0.909. The van der Waals surface area contributed by atoms with Crippen molar-refractivity contribution < 1.29 is 0 Å². The van der Waals surface area contributed by atoms with Gasteiger partial charge in [-0.3, -0.25) is 0 Å². The molecule has 0 bridgehead atoms. The smallest absolute Gasteiger partial charge is 0.176 e. The molecule has 2 N–H and O–H groups in total. The predicted octanol–water partition coefficient (Wildman–Crippen LogP) is 2.94. The molecule has 1 aromatic heterocycles. The topological polar surface area (TPSA) is 49.8 Å². The van der Waals surface area contributed by atoms with Crippen molar-refractivity contribution >= 4 is 40.4 Å². The van der Waals surface area contributed by atoms with E-state index < -0.39 is 0 Å². The van der Waals surface area contributed by atoms with Gasteiger partial charge in [0.25, 0.3) is 0 Å². The number of hydrogen-bond donors (Lipinski definition) is 2. The van der Waals surface area contributed by atoms with Crippen molar-refractivity contribution in [1.29, 1.82) is 0 Å². The summed E-state index contributed by atoms with van der Waals surface area (Å²) in [4.78, 5) is 0. The Labute approximate surface area is 109 Å². The highest BCUT2D eigenvalue weighted by Crippen LogP contribution is 2.08. The lowest BCUT2D eigenvalue weighted by molar-refractivity contribution is 1.04. The molecule has 1 heterocycles. The predicted molar refractivity (Wildman–Crippen MR) is 73.3 cm³/mol. The second-order valence-corrected chi connectivity index (χ2v) is 3.98. The van der Waals surface area contributed by atoms with Crippen LogP contribution in [0.4, 0.5) is 11.5 Å².